The molecule has 0 saturated carbocycles. The van der Waals surface area contributed by atoms with E-state index in [9.17, 15) is 4.79 Å². The number of aromatic nitrogens is 1. The molecule has 0 radical (unpaired) electrons. The zero-order valence-corrected chi connectivity index (χ0v) is 9.89. The van der Waals surface area contributed by atoms with Gasteiger partial charge in [-0.15, -0.1) is 0 Å². The molecule has 2 N–H and O–H groups in total. The number of rotatable bonds is 4. The van der Waals surface area contributed by atoms with Crippen LogP contribution in [0.15, 0.2) is 18.3 Å². The average molecular weight is 235 g/mol. The highest BCUT2D eigenvalue weighted by Crippen LogP contribution is 2.16. The second-order valence-electron chi connectivity index (χ2n) is 4.53. The lowest BCUT2D eigenvalue weighted by Crippen LogP contribution is -2.19. The third-order valence-electron chi connectivity index (χ3n) is 3.06. The summed E-state index contributed by atoms with van der Waals surface area (Å²) in [5.41, 5.74) is 0.908. The van der Waals surface area contributed by atoms with Crippen molar-refractivity contribution >= 4 is 11.7 Å². The van der Waals surface area contributed by atoms with Crippen LogP contribution in [0.3, 0.4) is 0 Å². The molecule has 92 valence electrons. The van der Waals surface area contributed by atoms with Crippen molar-refractivity contribution in [3.8, 4) is 0 Å². The van der Waals surface area contributed by atoms with E-state index in [1.165, 1.54) is 12.6 Å². The van der Waals surface area contributed by atoms with Crippen molar-refractivity contribution in [2.75, 3.05) is 32.0 Å². The minimum Gasteiger partial charge on any atom is -0.477 e. The standard InChI is InChI=1S/C12H17N3O2/c1-15-5-3-9(8-15)7-14-10-2-4-13-11(6-10)12(16)17/h2,4,6,9H,3,5,7-8H2,1H3,(H,13,14)(H,16,17). The number of anilines is 1. The van der Waals surface area contributed by atoms with E-state index in [1.807, 2.05) is 0 Å². The van der Waals surface area contributed by atoms with Gasteiger partial charge in [0, 0.05) is 25.0 Å². The number of hydrogen-bond acceptors (Lipinski definition) is 4. The first-order valence-corrected chi connectivity index (χ1v) is 5.77. The second kappa shape index (κ2) is 5.14. The molecule has 2 heterocycles. The Kier molecular flexibility index (Phi) is 3.58. The first-order chi connectivity index (χ1) is 8.15. The molecule has 1 saturated heterocycles. The number of carboxylic acid groups (broad SMARTS) is 1. The summed E-state index contributed by atoms with van der Waals surface area (Å²) in [6, 6.07) is 3.37. The van der Waals surface area contributed by atoms with Crippen LogP contribution in [-0.4, -0.2) is 47.6 Å². The molecule has 0 spiro atoms. The molecule has 1 aliphatic heterocycles. The highest BCUT2D eigenvalue weighted by molar-refractivity contribution is 5.86. The Morgan fingerprint density at radius 3 is 3.18 bits per heavy atom. The van der Waals surface area contributed by atoms with Crippen LogP contribution in [0.5, 0.6) is 0 Å². The number of carbonyl (C=O) groups is 1. The lowest BCUT2D eigenvalue weighted by Gasteiger charge is -2.12. The summed E-state index contributed by atoms with van der Waals surface area (Å²) in [5.74, 6) is -0.351. The highest BCUT2D eigenvalue weighted by Gasteiger charge is 2.18. The molecule has 0 aliphatic carbocycles. The van der Waals surface area contributed by atoms with Gasteiger partial charge < -0.3 is 15.3 Å². The van der Waals surface area contributed by atoms with Gasteiger partial charge >= 0.3 is 5.97 Å². The van der Waals surface area contributed by atoms with Crippen molar-refractivity contribution in [3.05, 3.63) is 24.0 Å². The summed E-state index contributed by atoms with van der Waals surface area (Å²) in [7, 11) is 2.12. The van der Waals surface area contributed by atoms with E-state index in [1.54, 1.807) is 12.1 Å². The summed E-state index contributed by atoms with van der Waals surface area (Å²) in [6.45, 7) is 3.13. The van der Waals surface area contributed by atoms with Gasteiger partial charge in [0.25, 0.3) is 0 Å². The molecule has 17 heavy (non-hydrogen) atoms. The van der Waals surface area contributed by atoms with E-state index < -0.39 is 5.97 Å². The third kappa shape index (κ3) is 3.17. The first kappa shape index (κ1) is 11.9. The lowest BCUT2D eigenvalue weighted by molar-refractivity contribution is 0.0690. The maximum absolute atomic E-state index is 10.8. The predicted molar refractivity (Wildman–Crippen MR) is 65.3 cm³/mol. The summed E-state index contributed by atoms with van der Waals surface area (Å²) in [5, 5.41) is 12.1. The molecule has 1 fully saturated rings. The minimum absolute atomic E-state index is 0.0820. The van der Waals surface area contributed by atoms with Crippen molar-refractivity contribution in [1.82, 2.24) is 9.88 Å². The summed E-state index contributed by atoms with van der Waals surface area (Å²) in [4.78, 5) is 16.8. The Morgan fingerprint density at radius 1 is 1.71 bits per heavy atom. The van der Waals surface area contributed by atoms with E-state index in [-0.39, 0.29) is 5.69 Å². The van der Waals surface area contributed by atoms with Crippen molar-refractivity contribution in [3.63, 3.8) is 0 Å². The number of aromatic carboxylic acids is 1. The van der Waals surface area contributed by atoms with Crippen LogP contribution in [-0.2, 0) is 0 Å². The van der Waals surface area contributed by atoms with E-state index in [2.05, 4.69) is 22.2 Å². The highest BCUT2D eigenvalue weighted by atomic mass is 16.4. The Bertz CT molecular complexity index is 408. The van der Waals surface area contributed by atoms with Gasteiger partial charge in [0.05, 0.1) is 0 Å². The maximum atomic E-state index is 10.8. The topological polar surface area (TPSA) is 65.5 Å². The Balaban J connectivity index is 1.90. The average Bonchev–Trinajstić information content (AvgIpc) is 2.73. The number of nitrogens with one attached hydrogen (secondary N) is 1. The monoisotopic (exact) mass is 235 g/mol. The van der Waals surface area contributed by atoms with Crippen molar-refractivity contribution in [2.24, 2.45) is 5.92 Å². The van der Waals surface area contributed by atoms with Crippen molar-refractivity contribution in [1.29, 1.82) is 0 Å². The Labute approximate surface area is 100 Å². The molecular weight excluding hydrogens is 218 g/mol. The summed E-state index contributed by atoms with van der Waals surface area (Å²) < 4.78 is 0. The zero-order valence-electron chi connectivity index (χ0n) is 9.89. The SMILES string of the molecule is CN1CCC(CNc2ccnc(C(=O)O)c2)C1. The largest absolute Gasteiger partial charge is 0.477 e. The molecule has 0 amide bonds. The predicted octanol–water partition coefficient (Wildman–Crippen LogP) is 1.14. The van der Waals surface area contributed by atoms with Crippen LogP contribution in [0.25, 0.3) is 0 Å². The molecule has 1 atom stereocenters. The van der Waals surface area contributed by atoms with Crippen LogP contribution in [0, 0.1) is 5.92 Å². The Hall–Kier alpha value is -1.62. The van der Waals surface area contributed by atoms with Gasteiger partial charge in [-0.1, -0.05) is 0 Å². The third-order valence-corrected chi connectivity index (χ3v) is 3.06. The summed E-state index contributed by atoms with van der Waals surface area (Å²) >= 11 is 0. The molecule has 5 heteroatoms. The van der Waals surface area contributed by atoms with Gasteiger partial charge in [-0.05, 0) is 38.1 Å². The molecule has 1 aromatic heterocycles. The molecule has 2 rings (SSSR count). The molecule has 0 aromatic carbocycles. The van der Waals surface area contributed by atoms with Crippen LogP contribution in [0.2, 0.25) is 0 Å². The van der Waals surface area contributed by atoms with Gasteiger partial charge in [0.15, 0.2) is 0 Å². The van der Waals surface area contributed by atoms with Crippen molar-refractivity contribution < 1.29 is 9.90 Å². The van der Waals surface area contributed by atoms with Crippen LogP contribution in [0.1, 0.15) is 16.9 Å². The molecule has 1 unspecified atom stereocenters. The molecular formula is C12H17N3O2. The molecule has 1 aromatic rings. The van der Waals surface area contributed by atoms with E-state index in [0.29, 0.717) is 5.92 Å². The summed E-state index contributed by atoms with van der Waals surface area (Å²) in [6.07, 6.45) is 2.72. The number of carboxylic acids is 1. The minimum atomic E-state index is -0.991. The quantitative estimate of drug-likeness (QED) is 0.819. The lowest BCUT2D eigenvalue weighted by atomic mass is 10.1. The maximum Gasteiger partial charge on any atom is 0.354 e. The van der Waals surface area contributed by atoms with Gasteiger partial charge in [-0.3, -0.25) is 0 Å². The van der Waals surface area contributed by atoms with E-state index in [0.717, 1.165) is 25.3 Å². The number of hydrogen-bond donors (Lipinski definition) is 2. The molecule has 0 bridgehead atoms. The fraction of sp³-hybridized carbons (Fsp3) is 0.500. The smallest absolute Gasteiger partial charge is 0.354 e. The van der Waals surface area contributed by atoms with Crippen LogP contribution >= 0.6 is 0 Å². The van der Waals surface area contributed by atoms with E-state index >= 15 is 0 Å². The first-order valence-electron chi connectivity index (χ1n) is 5.77. The molecule has 1 aliphatic rings. The van der Waals surface area contributed by atoms with Crippen LogP contribution in [0.4, 0.5) is 5.69 Å². The number of pyridine rings is 1. The van der Waals surface area contributed by atoms with Gasteiger partial charge in [-0.25, -0.2) is 9.78 Å². The zero-order chi connectivity index (χ0) is 12.3. The second-order valence-corrected chi connectivity index (χ2v) is 4.53. The number of likely N-dealkylation sites (tertiary alicyclic amines) is 1. The van der Waals surface area contributed by atoms with Gasteiger partial charge in [0.1, 0.15) is 5.69 Å². The fourth-order valence-corrected chi connectivity index (χ4v) is 2.11. The van der Waals surface area contributed by atoms with Crippen molar-refractivity contribution in [2.45, 2.75) is 6.42 Å². The fourth-order valence-electron chi connectivity index (χ4n) is 2.11. The van der Waals surface area contributed by atoms with E-state index in [4.69, 9.17) is 5.11 Å². The van der Waals surface area contributed by atoms with Crippen LogP contribution < -0.4 is 5.32 Å². The van der Waals surface area contributed by atoms with Gasteiger partial charge in [-0.2, -0.15) is 0 Å². The molecule has 5 nitrogen and oxygen atoms in total. The van der Waals surface area contributed by atoms with Gasteiger partial charge in [0.2, 0.25) is 0 Å². The Morgan fingerprint density at radius 2 is 2.53 bits per heavy atom. The number of nitrogens with zero attached hydrogens (tertiary/aromatic N) is 2. The normalized spacial score (nSPS) is 20.4.